The summed E-state index contributed by atoms with van der Waals surface area (Å²) in [6, 6.07) is -0.0702. The second-order valence-corrected chi connectivity index (χ2v) is 8.14. The van der Waals surface area contributed by atoms with E-state index in [9.17, 15) is 13.2 Å². The molecule has 2 N–H and O–H groups in total. The van der Waals surface area contributed by atoms with Gasteiger partial charge in [0.1, 0.15) is 0 Å². The van der Waals surface area contributed by atoms with Gasteiger partial charge in [0.05, 0.1) is 11.7 Å². The highest BCUT2D eigenvalue weighted by atomic mass is 32.2. The summed E-state index contributed by atoms with van der Waals surface area (Å²) >= 11 is 0. The Labute approximate surface area is 121 Å². The number of hydrogen-bond donors (Lipinski definition) is 2. The quantitative estimate of drug-likeness (QED) is 0.787. The monoisotopic (exact) mass is 303 g/mol. The molecule has 0 heterocycles. The standard InChI is InChI=1S/C14H25NO4S/c16-14(17)12-5-7-13(8-6-12)15-20(18,19)10-9-11-3-1-2-4-11/h11-13,15H,1-10H2,(H,16,17). The molecule has 0 unspecified atom stereocenters. The molecule has 2 aliphatic carbocycles. The van der Waals surface area contributed by atoms with Crippen molar-refractivity contribution in [2.24, 2.45) is 11.8 Å². The zero-order chi connectivity index (χ0) is 14.6. The van der Waals surface area contributed by atoms with Gasteiger partial charge in [0.25, 0.3) is 0 Å². The molecule has 6 heteroatoms. The van der Waals surface area contributed by atoms with Gasteiger partial charge in [-0.2, -0.15) is 0 Å². The zero-order valence-electron chi connectivity index (χ0n) is 11.9. The molecule has 116 valence electrons. The summed E-state index contributed by atoms with van der Waals surface area (Å²) in [4.78, 5) is 10.9. The van der Waals surface area contributed by atoms with Crippen LogP contribution in [0.15, 0.2) is 0 Å². The van der Waals surface area contributed by atoms with Crippen LogP contribution in [0.25, 0.3) is 0 Å². The number of nitrogens with one attached hydrogen (secondary N) is 1. The lowest BCUT2D eigenvalue weighted by Gasteiger charge is -2.26. The Bertz CT molecular complexity index is 420. The molecule has 2 fully saturated rings. The summed E-state index contributed by atoms with van der Waals surface area (Å²) in [5.41, 5.74) is 0. The maximum atomic E-state index is 12.0. The third-order valence-corrected chi connectivity index (χ3v) is 6.16. The van der Waals surface area contributed by atoms with Gasteiger partial charge in [0, 0.05) is 6.04 Å². The molecule has 0 aliphatic heterocycles. The minimum Gasteiger partial charge on any atom is -0.481 e. The van der Waals surface area contributed by atoms with Crippen molar-refractivity contribution in [2.75, 3.05) is 5.75 Å². The average Bonchev–Trinajstić information content (AvgIpc) is 2.90. The number of rotatable bonds is 6. The fourth-order valence-electron chi connectivity index (χ4n) is 3.39. The number of carboxylic acids is 1. The van der Waals surface area contributed by atoms with Crippen molar-refractivity contribution in [1.82, 2.24) is 4.72 Å². The van der Waals surface area contributed by atoms with Gasteiger partial charge >= 0.3 is 5.97 Å². The molecule has 5 nitrogen and oxygen atoms in total. The van der Waals surface area contributed by atoms with Crippen LogP contribution in [0.4, 0.5) is 0 Å². The highest BCUT2D eigenvalue weighted by molar-refractivity contribution is 7.89. The van der Waals surface area contributed by atoms with E-state index >= 15 is 0 Å². The Morgan fingerprint density at radius 2 is 1.65 bits per heavy atom. The first kappa shape index (κ1) is 15.8. The molecule has 20 heavy (non-hydrogen) atoms. The topological polar surface area (TPSA) is 83.5 Å². The van der Waals surface area contributed by atoms with E-state index in [0.29, 0.717) is 31.6 Å². The van der Waals surface area contributed by atoms with Crippen LogP contribution >= 0.6 is 0 Å². The maximum absolute atomic E-state index is 12.0. The molecule has 2 saturated carbocycles. The van der Waals surface area contributed by atoms with Crippen LogP contribution in [0.3, 0.4) is 0 Å². The number of carbonyl (C=O) groups is 1. The maximum Gasteiger partial charge on any atom is 0.306 e. The van der Waals surface area contributed by atoms with Crippen molar-refractivity contribution in [3.63, 3.8) is 0 Å². The van der Waals surface area contributed by atoms with E-state index in [-0.39, 0.29) is 17.7 Å². The average molecular weight is 303 g/mol. The summed E-state index contributed by atoms with van der Waals surface area (Å²) in [6.45, 7) is 0. The van der Waals surface area contributed by atoms with Gasteiger partial charge in [-0.25, -0.2) is 13.1 Å². The predicted octanol–water partition coefficient (Wildman–Crippen LogP) is 2.13. The normalized spacial score (nSPS) is 28.6. The first-order valence-corrected chi connectivity index (χ1v) is 9.34. The van der Waals surface area contributed by atoms with Gasteiger partial charge in [0.15, 0.2) is 0 Å². The molecule has 0 saturated heterocycles. The molecule has 0 spiro atoms. The van der Waals surface area contributed by atoms with Crippen LogP contribution in [0.1, 0.15) is 57.8 Å². The first-order chi connectivity index (χ1) is 9.46. The smallest absolute Gasteiger partial charge is 0.306 e. The van der Waals surface area contributed by atoms with E-state index in [1.54, 1.807) is 0 Å². The molecular weight excluding hydrogens is 278 g/mol. The second kappa shape index (κ2) is 6.89. The molecule has 0 aromatic heterocycles. The molecule has 0 bridgehead atoms. The third-order valence-electron chi connectivity index (χ3n) is 4.69. The van der Waals surface area contributed by atoms with E-state index in [1.807, 2.05) is 0 Å². The number of carboxylic acid groups (broad SMARTS) is 1. The molecule has 0 aromatic rings. The highest BCUT2D eigenvalue weighted by Gasteiger charge is 2.28. The predicted molar refractivity (Wildman–Crippen MR) is 76.9 cm³/mol. The Balaban J connectivity index is 1.73. The van der Waals surface area contributed by atoms with Crippen molar-refractivity contribution in [3.8, 4) is 0 Å². The van der Waals surface area contributed by atoms with Gasteiger partial charge in [-0.05, 0) is 38.0 Å². The Morgan fingerprint density at radius 1 is 1.05 bits per heavy atom. The molecule has 0 radical (unpaired) electrons. The Hall–Kier alpha value is -0.620. The van der Waals surface area contributed by atoms with Gasteiger partial charge in [-0.15, -0.1) is 0 Å². The molecule has 2 aliphatic rings. The minimum absolute atomic E-state index is 0.0702. The Morgan fingerprint density at radius 3 is 2.20 bits per heavy atom. The lowest BCUT2D eigenvalue weighted by Crippen LogP contribution is -2.40. The zero-order valence-corrected chi connectivity index (χ0v) is 12.7. The van der Waals surface area contributed by atoms with Crippen LogP contribution in [-0.2, 0) is 14.8 Å². The van der Waals surface area contributed by atoms with Crippen LogP contribution in [0, 0.1) is 11.8 Å². The van der Waals surface area contributed by atoms with Gasteiger partial charge < -0.3 is 5.11 Å². The largest absolute Gasteiger partial charge is 0.481 e. The third kappa shape index (κ3) is 4.74. The van der Waals surface area contributed by atoms with Crippen molar-refractivity contribution in [1.29, 1.82) is 0 Å². The van der Waals surface area contributed by atoms with Crippen LogP contribution in [0.2, 0.25) is 0 Å². The summed E-state index contributed by atoms with van der Waals surface area (Å²) in [6.07, 6.45) is 7.99. The number of sulfonamides is 1. The van der Waals surface area contributed by atoms with E-state index < -0.39 is 16.0 Å². The van der Waals surface area contributed by atoms with Crippen molar-refractivity contribution < 1.29 is 18.3 Å². The summed E-state index contributed by atoms with van der Waals surface area (Å²) in [5.74, 6) is -0.257. The lowest BCUT2D eigenvalue weighted by molar-refractivity contribution is -0.142. The van der Waals surface area contributed by atoms with Crippen LogP contribution in [-0.4, -0.2) is 31.3 Å². The molecule has 0 amide bonds. The van der Waals surface area contributed by atoms with Crippen molar-refractivity contribution in [2.45, 2.75) is 63.8 Å². The summed E-state index contributed by atoms with van der Waals surface area (Å²) in [7, 11) is -3.20. The number of hydrogen-bond acceptors (Lipinski definition) is 3. The van der Waals surface area contributed by atoms with Gasteiger partial charge in [-0.3, -0.25) is 4.79 Å². The molecule has 0 aromatic carbocycles. The highest BCUT2D eigenvalue weighted by Crippen LogP contribution is 2.28. The van der Waals surface area contributed by atoms with Gasteiger partial charge in [0.2, 0.25) is 10.0 Å². The first-order valence-electron chi connectivity index (χ1n) is 7.69. The van der Waals surface area contributed by atoms with Crippen LogP contribution < -0.4 is 4.72 Å². The van der Waals surface area contributed by atoms with Crippen molar-refractivity contribution >= 4 is 16.0 Å². The summed E-state index contributed by atoms with van der Waals surface area (Å²) in [5, 5.41) is 8.92. The molecular formula is C14H25NO4S. The van der Waals surface area contributed by atoms with Gasteiger partial charge in [-0.1, -0.05) is 25.7 Å². The molecule has 0 atom stereocenters. The fourth-order valence-corrected chi connectivity index (χ4v) is 4.90. The van der Waals surface area contributed by atoms with E-state index in [0.717, 1.165) is 6.42 Å². The van der Waals surface area contributed by atoms with E-state index in [1.165, 1.54) is 25.7 Å². The van der Waals surface area contributed by atoms with Crippen molar-refractivity contribution in [3.05, 3.63) is 0 Å². The minimum atomic E-state index is -3.20. The van der Waals surface area contributed by atoms with E-state index in [2.05, 4.69) is 4.72 Å². The molecule has 2 rings (SSSR count). The Kier molecular flexibility index (Phi) is 5.43. The SMILES string of the molecule is O=C(O)C1CCC(NS(=O)(=O)CCC2CCCC2)CC1. The number of aliphatic carboxylic acids is 1. The summed E-state index contributed by atoms with van der Waals surface area (Å²) < 4.78 is 26.8. The van der Waals surface area contributed by atoms with E-state index in [4.69, 9.17) is 5.11 Å². The second-order valence-electron chi connectivity index (χ2n) is 6.26. The lowest BCUT2D eigenvalue weighted by atomic mass is 9.87. The van der Waals surface area contributed by atoms with Crippen LogP contribution in [0.5, 0.6) is 0 Å². The fraction of sp³-hybridized carbons (Fsp3) is 0.929.